The summed E-state index contributed by atoms with van der Waals surface area (Å²) >= 11 is 1.38. The third-order valence-corrected chi connectivity index (χ3v) is 5.85. The van der Waals surface area contributed by atoms with E-state index in [0.29, 0.717) is 22.7 Å². The van der Waals surface area contributed by atoms with Gasteiger partial charge in [0.25, 0.3) is 5.91 Å². The van der Waals surface area contributed by atoms with Crippen molar-refractivity contribution in [3.63, 3.8) is 0 Å². The zero-order valence-corrected chi connectivity index (χ0v) is 18.4. The van der Waals surface area contributed by atoms with Gasteiger partial charge in [0.1, 0.15) is 23.5 Å². The van der Waals surface area contributed by atoms with Crippen LogP contribution in [0.4, 0.5) is 4.39 Å². The molecule has 0 aliphatic heterocycles. The molecule has 33 heavy (non-hydrogen) atoms. The molecular formula is C26H21FN2O3S. The van der Waals surface area contributed by atoms with E-state index in [9.17, 15) is 14.0 Å². The quantitative estimate of drug-likeness (QED) is 0.374. The second-order valence-corrected chi connectivity index (χ2v) is 8.20. The van der Waals surface area contributed by atoms with Gasteiger partial charge in [0, 0.05) is 22.9 Å². The van der Waals surface area contributed by atoms with Gasteiger partial charge in [0.15, 0.2) is 0 Å². The van der Waals surface area contributed by atoms with E-state index in [1.54, 1.807) is 41.8 Å². The Bertz CT molecular complexity index is 1210. The van der Waals surface area contributed by atoms with Crippen molar-refractivity contribution in [1.82, 2.24) is 10.3 Å². The molecule has 5 nitrogen and oxygen atoms in total. The lowest BCUT2D eigenvalue weighted by Gasteiger charge is -2.18. The largest absolute Gasteiger partial charge is 0.458 e. The number of thiazole rings is 1. The summed E-state index contributed by atoms with van der Waals surface area (Å²) in [5.41, 5.74) is 2.74. The van der Waals surface area contributed by atoms with Crippen LogP contribution in [0.1, 0.15) is 21.6 Å². The summed E-state index contributed by atoms with van der Waals surface area (Å²) in [6, 6.07) is 23.4. The van der Waals surface area contributed by atoms with Crippen LogP contribution in [0.15, 0.2) is 90.3 Å². The van der Waals surface area contributed by atoms with Crippen molar-refractivity contribution in [3.05, 3.63) is 113 Å². The normalized spacial score (nSPS) is 11.5. The summed E-state index contributed by atoms with van der Waals surface area (Å²) in [5.74, 6) is -1.20. The Morgan fingerprint density at radius 3 is 2.30 bits per heavy atom. The van der Waals surface area contributed by atoms with Crippen LogP contribution in [0.25, 0.3) is 10.6 Å². The second kappa shape index (κ2) is 10.7. The van der Waals surface area contributed by atoms with Crippen LogP contribution in [0, 0.1) is 5.82 Å². The zero-order valence-electron chi connectivity index (χ0n) is 17.6. The second-order valence-electron chi connectivity index (χ2n) is 7.34. The number of amides is 1. The third-order valence-electron chi connectivity index (χ3n) is 4.91. The molecule has 0 bridgehead atoms. The first kappa shape index (κ1) is 22.4. The number of nitrogens with zero attached hydrogens (tertiary/aromatic N) is 1. The molecular weight excluding hydrogens is 439 g/mol. The van der Waals surface area contributed by atoms with Crippen LogP contribution in [0.3, 0.4) is 0 Å². The highest BCUT2D eigenvalue weighted by molar-refractivity contribution is 7.13. The van der Waals surface area contributed by atoms with E-state index >= 15 is 0 Å². The van der Waals surface area contributed by atoms with Crippen LogP contribution in [0.5, 0.6) is 0 Å². The van der Waals surface area contributed by atoms with Gasteiger partial charge in [-0.05, 0) is 42.0 Å². The van der Waals surface area contributed by atoms with E-state index < -0.39 is 12.0 Å². The van der Waals surface area contributed by atoms with Crippen molar-refractivity contribution in [2.75, 3.05) is 0 Å². The summed E-state index contributed by atoms with van der Waals surface area (Å²) < 4.78 is 18.6. The average Bonchev–Trinajstić information content (AvgIpc) is 3.33. The SMILES string of the molecule is O=C(NC(Cc1ccccc1)C(=O)OCc1csc(-c2ccc(F)cc2)n1)c1ccccc1. The number of ether oxygens (including phenoxy) is 1. The van der Waals surface area contributed by atoms with Crippen molar-refractivity contribution in [2.45, 2.75) is 19.1 Å². The molecule has 1 amide bonds. The van der Waals surface area contributed by atoms with Crippen LogP contribution in [-0.4, -0.2) is 22.9 Å². The Hall–Kier alpha value is -3.84. The monoisotopic (exact) mass is 460 g/mol. The van der Waals surface area contributed by atoms with Gasteiger partial charge in [0.2, 0.25) is 0 Å². The third kappa shape index (κ3) is 6.11. The lowest BCUT2D eigenvalue weighted by Crippen LogP contribution is -2.43. The van der Waals surface area contributed by atoms with Crippen molar-refractivity contribution in [2.24, 2.45) is 0 Å². The van der Waals surface area contributed by atoms with Gasteiger partial charge in [-0.15, -0.1) is 11.3 Å². The lowest BCUT2D eigenvalue weighted by atomic mass is 10.1. The van der Waals surface area contributed by atoms with Crippen LogP contribution in [0.2, 0.25) is 0 Å². The Labute approximate surface area is 194 Å². The van der Waals surface area contributed by atoms with Crippen LogP contribution in [-0.2, 0) is 22.6 Å². The van der Waals surface area contributed by atoms with Gasteiger partial charge in [-0.25, -0.2) is 14.2 Å². The van der Waals surface area contributed by atoms with Gasteiger partial charge >= 0.3 is 5.97 Å². The highest BCUT2D eigenvalue weighted by Gasteiger charge is 2.24. The van der Waals surface area contributed by atoms with E-state index in [2.05, 4.69) is 10.3 Å². The number of nitrogens with one attached hydrogen (secondary N) is 1. The minimum absolute atomic E-state index is 0.0248. The number of rotatable bonds is 8. The predicted octanol–water partition coefficient (Wildman–Crippen LogP) is 5.03. The molecule has 0 aliphatic carbocycles. The number of carbonyl (C=O) groups is 2. The maximum Gasteiger partial charge on any atom is 0.329 e. The Morgan fingerprint density at radius 2 is 1.61 bits per heavy atom. The number of aromatic nitrogens is 1. The fourth-order valence-electron chi connectivity index (χ4n) is 3.22. The Morgan fingerprint density at radius 1 is 0.939 bits per heavy atom. The molecule has 0 saturated carbocycles. The van der Waals surface area contributed by atoms with E-state index in [1.165, 1.54) is 23.5 Å². The van der Waals surface area contributed by atoms with E-state index in [-0.39, 0.29) is 18.3 Å². The van der Waals surface area contributed by atoms with Crippen LogP contribution < -0.4 is 5.32 Å². The molecule has 4 aromatic rings. The molecule has 0 fully saturated rings. The first-order chi connectivity index (χ1) is 16.1. The fourth-order valence-corrected chi connectivity index (χ4v) is 4.03. The minimum atomic E-state index is -0.852. The summed E-state index contributed by atoms with van der Waals surface area (Å²) in [6.07, 6.45) is 0.302. The molecule has 4 rings (SSSR count). The number of hydrogen-bond donors (Lipinski definition) is 1. The molecule has 1 unspecified atom stereocenters. The average molecular weight is 461 g/mol. The van der Waals surface area contributed by atoms with Gasteiger partial charge in [-0.3, -0.25) is 4.79 Å². The number of carbonyl (C=O) groups excluding carboxylic acids is 2. The van der Waals surface area contributed by atoms with Gasteiger partial charge in [0.05, 0.1) is 5.69 Å². The topological polar surface area (TPSA) is 68.3 Å². The zero-order chi connectivity index (χ0) is 23.0. The van der Waals surface area contributed by atoms with E-state index in [0.717, 1.165) is 11.1 Å². The Balaban J connectivity index is 1.43. The predicted molar refractivity (Wildman–Crippen MR) is 125 cm³/mol. The smallest absolute Gasteiger partial charge is 0.329 e. The van der Waals surface area contributed by atoms with Gasteiger partial charge < -0.3 is 10.1 Å². The molecule has 1 N–H and O–H groups in total. The van der Waals surface area contributed by atoms with Crippen LogP contribution >= 0.6 is 11.3 Å². The number of esters is 1. The molecule has 0 radical (unpaired) electrons. The maximum atomic E-state index is 13.1. The van der Waals surface area contributed by atoms with E-state index in [4.69, 9.17) is 4.74 Å². The molecule has 0 spiro atoms. The molecule has 0 saturated heterocycles. The maximum absolute atomic E-state index is 13.1. The van der Waals surface area contributed by atoms with Gasteiger partial charge in [-0.2, -0.15) is 0 Å². The molecule has 3 aromatic carbocycles. The minimum Gasteiger partial charge on any atom is -0.458 e. The first-order valence-corrected chi connectivity index (χ1v) is 11.2. The summed E-state index contributed by atoms with van der Waals surface area (Å²) in [7, 11) is 0. The van der Waals surface area contributed by atoms with Crippen molar-refractivity contribution in [1.29, 1.82) is 0 Å². The lowest BCUT2D eigenvalue weighted by molar-refractivity contribution is -0.147. The molecule has 1 aromatic heterocycles. The first-order valence-electron chi connectivity index (χ1n) is 10.4. The summed E-state index contributed by atoms with van der Waals surface area (Å²) in [5, 5.41) is 5.29. The molecule has 166 valence electrons. The van der Waals surface area contributed by atoms with Crippen molar-refractivity contribution in [3.8, 4) is 10.6 Å². The molecule has 1 atom stereocenters. The van der Waals surface area contributed by atoms with Gasteiger partial charge in [-0.1, -0.05) is 48.5 Å². The number of hydrogen-bond acceptors (Lipinski definition) is 5. The molecule has 7 heteroatoms. The highest BCUT2D eigenvalue weighted by atomic mass is 32.1. The van der Waals surface area contributed by atoms with E-state index in [1.807, 2.05) is 36.4 Å². The van der Waals surface area contributed by atoms with Crippen molar-refractivity contribution < 1.29 is 18.7 Å². The highest BCUT2D eigenvalue weighted by Crippen LogP contribution is 2.24. The molecule has 1 heterocycles. The summed E-state index contributed by atoms with van der Waals surface area (Å²) in [4.78, 5) is 30.0. The standard InChI is InChI=1S/C26H21FN2O3S/c27-21-13-11-20(12-14-21)25-28-22(17-33-25)16-32-26(31)23(15-18-7-3-1-4-8-18)29-24(30)19-9-5-2-6-10-19/h1-14,17,23H,15-16H2,(H,29,30). The summed E-state index contributed by atoms with van der Waals surface area (Å²) in [6.45, 7) is -0.0248. The number of halogens is 1. The Kier molecular flexibility index (Phi) is 7.22. The van der Waals surface area contributed by atoms with Crippen molar-refractivity contribution >= 4 is 23.2 Å². The number of benzene rings is 3. The molecule has 0 aliphatic rings. The fraction of sp³-hybridized carbons (Fsp3) is 0.115.